The number of halogens is 2. The van der Waals surface area contributed by atoms with Crippen molar-refractivity contribution >= 4 is 17.5 Å². The summed E-state index contributed by atoms with van der Waals surface area (Å²) < 4.78 is 13.0. The number of nitrogens with zero attached hydrogens (tertiary/aromatic N) is 2. The first-order chi connectivity index (χ1) is 10.1. The molecule has 0 spiro atoms. The molecule has 0 atom stereocenters. The number of rotatable bonds is 3. The van der Waals surface area contributed by atoms with Crippen molar-refractivity contribution in [1.29, 1.82) is 0 Å². The summed E-state index contributed by atoms with van der Waals surface area (Å²) in [4.78, 5) is 16.4. The van der Waals surface area contributed by atoms with E-state index >= 15 is 0 Å². The maximum absolute atomic E-state index is 13.0. The Labute approximate surface area is 129 Å². The van der Waals surface area contributed by atoms with Crippen LogP contribution in [0.3, 0.4) is 0 Å². The molecule has 1 aromatic rings. The number of hydrogen-bond donors (Lipinski definition) is 0. The van der Waals surface area contributed by atoms with E-state index in [1.165, 1.54) is 18.6 Å². The summed E-state index contributed by atoms with van der Waals surface area (Å²) in [5.74, 6) is 0.309. The van der Waals surface area contributed by atoms with Gasteiger partial charge in [-0.15, -0.1) is 0 Å². The van der Waals surface area contributed by atoms with Crippen LogP contribution in [0.4, 0.5) is 4.39 Å². The fourth-order valence-electron chi connectivity index (χ4n) is 2.93. The third-order valence-electron chi connectivity index (χ3n) is 4.55. The molecule has 21 heavy (non-hydrogen) atoms. The molecule has 1 heterocycles. The third kappa shape index (κ3) is 3.38. The predicted molar refractivity (Wildman–Crippen MR) is 80.6 cm³/mol. The molecule has 1 aliphatic heterocycles. The van der Waals surface area contributed by atoms with Crippen LogP contribution in [-0.4, -0.2) is 41.9 Å². The Hall–Kier alpha value is -1.13. The first kappa shape index (κ1) is 14.8. The summed E-state index contributed by atoms with van der Waals surface area (Å²) in [7, 11) is 0. The molecule has 2 aliphatic rings. The van der Waals surface area contributed by atoms with Crippen LogP contribution in [0, 0.1) is 11.7 Å². The van der Waals surface area contributed by atoms with E-state index in [2.05, 4.69) is 4.90 Å². The lowest BCUT2D eigenvalue weighted by molar-refractivity contribution is -0.140. The van der Waals surface area contributed by atoms with Gasteiger partial charge in [0.05, 0.1) is 0 Å². The van der Waals surface area contributed by atoms with E-state index < -0.39 is 0 Å². The van der Waals surface area contributed by atoms with E-state index in [1.54, 1.807) is 6.07 Å². The topological polar surface area (TPSA) is 23.6 Å². The van der Waals surface area contributed by atoms with Gasteiger partial charge in [0, 0.05) is 43.7 Å². The van der Waals surface area contributed by atoms with E-state index in [9.17, 15) is 9.18 Å². The molecule has 5 heteroatoms. The molecule has 3 nitrogen and oxygen atoms in total. The quantitative estimate of drug-likeness (QED) is 0.857. The van der Waals surface area contributed by atoms with Crippen LogP contribution in [0.1, 0.15) is 24.8 Å². The minimum absolute atomic E-state index is 0.281. The van der Waals surface area contributed by atoms with Crippen LogP contribution in [-0.2, 0) is 11.3 Å². The molecule has 1 aliphatic carbocycles. The van der Waals surface area contributed by atoms with E-state index in [-0.39, 0.29) is 11.7 Å². The molecule has 1 saturated heterocycles. The van der Waals surface area contributed by atoms with Gasteiger partial charge in [-0.25, -0.2) is 4.39 Å². The normalized spacial score (nSPS) is 20.4. The molecule has 0 radical (unpaired) electrons. The lowest BCUT2D eigenvalue weighted by Gasteiger charge is -2.38. The zero-order valence-electron chi connectivity index (χ0n) is 12.0. The highest BCUT2D eigenvalue weighted by atomic mass is 35.5. The summed E-state index contributed by atoms with van der Waals surface area (Å²) in [5.41, 5.74) is 0.942. The van der Waals surface area contributed by atoms with Gasteiger partial charge in [-0.3, -0.25) is 9.69 Å². The van der Waals surface area contributed by atoms with Gasteiger partial charge in [0.15, 0.2) is 0 Å². The molecule has 1 aromatic carbocycles. The highest BCUT2D eigenvalue weighted by Crippen LogP contribution is 2.28. The van der Waals surface area contributed by atoms with Crippen LogP contribution in [0.5, 0.6) is 0 Å². The summed E-state index contributed by atoms with van der Waals surface area (Å²) in [6.07, 6.45) is 3.31. The highest BCUT2D eigenvalue weighted by Gasteiger charge is 2.31. The Morgan fingerprint density at radius 2 is 1.95 bits per heavy atom. The highest BCUT2D eigenvalue weighted by molar-refractivity contribution is 6.31. The zero-order chi connectivity index (χ0) is 14.8. The van der Waals surface area contributed by atoms with E-state index in [0.717, 1.165) is 44.6 Å². The fourth-order valence-corrected chi connectivity index (χ4v) is 3.16. The molecule has 3 rings (SSSR count). The van der Waals surface area contributed by atoms with Gasteiger partial charge in [0.1, 0.15) is 5.82 Å². The number of carbonyl (C=O) groups excluding carboxylic acids is 1. The summed E-state index contributed by atoms with van der Waals surface area (Å²) >= 11 is 6.06. The third-order valence-corrected chi connectivity index (χ3v) is 4.90. The molecular formula is C16H20ClFN2O. The van der Waals surface area contributed by atoms with E-state index in [0.29, 0.717) is 17.5 Å². The van der Waals surface area contributed by atoms with Gasteiger partial charge in [0.25, 0.3) is 0 Å². The fraction of sp³-hybridized carbons (Fsp3) is 0.562. The van der Waals surface area contributed by atoms with E-state index in [1.807, 2.05) is 4.90 Å². The molecule has 1 amide bonds. The minimum atomic E-state index is -0.306. The molecule has 2 fully saturated rings. The molecule has 1 saturated carbocycles. The van der Waals surface area contributed by atoms with Crippen LogP contribution in [0.2, 0.25) is 5.02 Å². The summed E-state index contributed by atoms with van der Waals surface area (Å²) in [6.45, 7) is 3.99. The summed E-state index contributed by atoms with van der Waals surface area (Å²) in [6, 6.07) is 4.54. The molecule has 0 aromatic heterocycles. The molecule has 0 N–H and O–H groups in total. The average molecular weight is 311 g/mol. The second-order valence-electron chi connectivity index (χ2n) is 5.96. The maximum atomic E-state index is 13.0. The second kappa shape index (κ2) is 6.32. The number of benzene rings is 1. The van der Waals surface area contributed by atoms with Crippen molar-refractivity contribution in [2.24, 2.45) is 5.92 Å². The monoisotopic (exact) mass is 310 g/mol. The van der Waals surface area contributed by atoms with Crippen LogP contribution < -0.4 is 0 Å². The Kier molecular flexibility index (Phi) is 4.45. The molecular weight excluding hydrogens is 291 g/mol. The van der Waals surface area contributed by atoms with Crippen molar-refractivity contribution in [3.8, 4) is 0 Å². The lowest BCUT2D eigenvalue weighted by atomic mass is 9.84. The lowest BCUT2D eigenvalue weighted by Crippen LogP contribution is -2.50. The standard InChI is InChI=1S/C16H20ClFN2O/c17-15-10-14(18)5-4-13(15)11-19-6-8-20(9-7-19)16(21)12-2-1-3-12/h4-5,10,12H,1-3,6-9,11H2. The Morgan fingerprint density at radius 1 is 1.24 bits per heavy atom. The van der Waals surface area contributed by atoms with Gasteiger partial charge in [-0.2, -0.15) is 0 Å². The number of amides is 1. The minimum Gasteiger partial charge on any atom is -0.340 e. The van der Waals surface area contributed by atoms with Gasteiger partial charge in [-0.1, -0.05) is 24.1 Å². The molecule has 114 valence electrons. The van der Waals surface area contributed by atoms with Gasteiger partial charge in [-0.05, 0) is 30.5 Å². The maximum Gasteiger partial charge on any atom is 0.225 e. The van der Waals surface area contributed by atoms with Crippen molar-refractivity contribution in [3.63, 3.8) is 0 Å². The van der Waals surface area contributed by atoms with Gasteiger partial charge in [0.2, 0.25) is 5.91 Å². The smallest absolute Gasteiger partial charge is 0.225 e. The van der Waals surface area contributed by atoms with Crippen molar-refractivity contribution in [3.05, 3.63) is 34.6 Å². The van der Waals surface area contributed by atoms with Crippen LogP contribution >= 0.6 is 11.6 Å². The van der Waals surface area contributed by atoms with Crippen molar-refractivity contribution in [1.82, 2.24) is 9.80 Å². The van der Waals surface area contributed by atoms with Gasteiger partial charge < -0.3 is 4.90 Å². The van der Waals surface area contributed by atoms with Crippen molar-refractivity contribution in [2.75, 3.05) is 26.2 Å². The van der Waals surface area contributed by atoms with Crippen molar-refractivity contribution in [2.45, 2.75) is 25.8 Å². The first-order valence-electron chi connectivity index (χ1n) is 7.58. The first-order valence-corrected chi connectivity index (χ1v) is 7.96. The second-order valence-corrected chi connectivity index (χ2v) is 6.37. The Bertz CT molecular complexity index is 525. The van der Waals surface area contributed by atoms with Crippen LogP contribution in [0.25, 0.3) is 0 Å². The van der Waals surface area contributed by atoms with Crippen LogP contribution in [0.15, 0.2) is 18.2 Å². The average Bonchev–Trinajstić information content (AvgIpc) is 2.41. The SMILES string of the molecule is O=C(C1CCC1)N1CCN(Cc2ccc(F)cc2Cl)CC1. The number of hydrogen-bond acceptors (Lipinski definition) is 2. The molecule has 0 unspecified atom stereocenters. The van der Waals surface area contributed by atoms with Crippen molar-refractivity contribution < 1.29 is 9.18 Å². The number of piperazine rings is 1. The molecule has 0 bridgehead atoms. The van der Waals surface area contributed by atoms with Gasteiger partial charge >= 0.3 is 0 Å². The van der Waals surface area contributed by atoms with E-state index in [4.69, 9.17) is 11.6 Å². The Balaban J connectivity index is 1.52. The largest absolute Gasteiger partial charge is 0.340 e. The zero-order valence-corrected chi connectivity index (χ0v) is 12.8. The number of carbonyl (C=O) groups is 1. The Morgan fingerprint density at radius 3 is 2.52 bits per heavy atom. The summed E-state index contributed by atoms with van der Waals surface area (Å²) in [5, 5.41) is 0.475. The predicted octanol–water partition coefficient (Wildman–Crippen LogP) is 2.92.